The van der Waals surface area contributed by atoms with Crippen LogP contribution in [0.15, 0.2) is 36.5 Å². The zero-order valence-electron chi connectivity index (χ0n) is 9.94. The Morgan fingerprint density at radius 2 is 2.22 bits per heavy atom. The number of carbonyl (C=O) groups excluding carboxylic acids is 1. The minimum Gasteiger partial charge on any atom is -0.309 e. The van der Waals surface area contributed by atoms with Gasteiger partial charge in [-0.3, -0.25) is 9.89 Å². The number of H-pyrrole nitrogens is 1. The first-order chi connectivity index (χ1) is 8.77. The maximum atomic E-state index is 12.4. The topological polar surface area (TPSA) is 61.0 Å². The van der Waals surface area contributed by atoms with E-state index in [1.54, 1.807) is 4.90 Å². The van der Waals surface area contributed by atoms with Crippen LogP contribution in [0, 0.1) is 0 Å². The maximum Gasteiger partial charge on any atom is 0.279 e. The number of hydrogen-bond donors (Lipinski definition) is 2. The van der Waals surface area contributed by atoms with Crippen LogP contribution in [-0.2, 0) is 0 Å². The van der Waals surface area contributed by atoms with Gasteiger partial charge in [-0.25, -0.2) is 0 Å². The number of aromatic amines is 1. The predicted octanol–water partition coefficient (Wildman–Crippen LogP) is 1.12. The number of amides is 1. The fourth-order valence-electron chi connectivity index (χ4n) is 2.18. The van der Waals surface area contributed by atoms with E-state index < -0.39 is 0 Å². The molecule has 1 aromatic heterocycles. The van der Waals surface area contributed by atoms with Crippen molar-refractivity contribution in [3.8, 4) is 0 Å². The van der Waals surface area contributed by atoms with Gasteiger partial charge in [0, 0.05) is 30.7 Å². The van der Waals surface area contributed by atoms with E-state index in [0.29, 0.717) is 18.8 Å². The van der Waals surface area contributed by atoms with Crippen molar-refractivity contribution in [3.63, 3.8) is 0 Å². The summed E-state index contributed by atoms with van der Waals surface area (Å²) < 4.78 is 0. The van der Waals surface area contributed by atoms with Crippen molar-refractivity contribution in [3.05, 3.63) is 42.2 Å². The van der Waals surface area contributed by atoms with Gasteiger partial charge in [0.25, 0.3) is 5.91 Å². The summed E-state index contributed by atoms with van der Waals surface area (Å²) >= 11 is 0. The SMILES string of the molecule is C=C1CNCCN1C(=O)c1n[nH]c2ccccc12. The van der Waals surface area contributed by atoms with Gasteiger partial charge >= 0.3 is 0 Å². The Balaban J connectivity index is 1.99. The lowest BCUT2D eigenvalue weighted by atomic mass is 10.2. The van der Waals surface area contributed by atoms with Crippen molar-refractivity contribution >= 4 is 16.8 Å². The standard InChI is InChI=1S/C13H14N4O/c1-9-8-14-6-7-17(9)13(18)12-10-4-2-3-5-11(10)15-16-12/h2-5,14H,1,6-8H2,(H,15,16). The van der Waals surface area contributed by atoms with Crippen molar-refractivity contribution in [2.24, 2.45) is 0 Å². The normalized spacial score (nSPS) is 16.2. The summed E-state index contributed by atoms with van der Waals surface area (Å²) in [6.45, 7) is 5.98. The van der Waals surface area contributed by atoms with Gasteiger partial charge in [0.1, 0.15) is 0 Å². The van der Waals surface area contributed by atoms with E-state index in [9.17, 15) is 4.79 Å². The van der Waals surface area contributed by atoms with Crippen LogP contribution >= 0.6 is 0 Å². The van der Waals surface area contributed by atoms with Crippen LogP contribution in [0.1, 0.15) is 10.5 Å². The molecule has 92 valence electrons. The van der Waals surface area contributed by atoms with E-state index in [0.717, 1.165) is 23.1 Å². The zero-order chi connectivity index (χ0) is 12.5. The van der Waals surface area contributed by atoms with E-state index in [-0.39, 0.29) is 5.91 Å². The van der Waals surface area contributed by atoms with Gasteiger partial charge in [0.2, 0.25) is 0 Å². The van der Waals surface area contributed by atoms with Crippen LogP contribution in [-0.4, -0.2) is 40.6 Å². The zero-order valence-corrected chi connectivity index (χ0v) is 9.94. The molecular weight excluding hydrogens is 228 g/mol. The molecule has 1 saturated heterocycles. The van der Waals surface area contributed by atoms with Crippen molar-refractivity contribution in [2.75, 3.05) is 19.6 Å². The van der Waals surface area contributed by atoms with E-state index in [1.807, 2.05) is 24.3 Å². The van der Waals surface area contributed by atoms with Crippen LogP contribution in [0.25, 0.3) is 10.9 Å². The lowest BCUT2D eigenvalue weighted by Gasteiger charge is -2.29. The average Bonchev–Trinajstić information content (AvgIpc) is 2.82. The van der Waals surface area contributed by atoms with E-state index in [4.69, 9.17) is 0 Å². The Bertz CT molecular complexity index is 616. The van der Waals surface area contributed by atoms with Crippen LogP contribution in [0.2, 0.25) is 0 Å². The van der Waals surface area contributed by atoms with Gasteiger partial charge in [0.15, 0.2) is 5.69 Å². The maximum absolute atomic E-state index is 12.4. The molecule has 3 rings (SSSR count). The molecule has 1 fully saturated rings. The first-order valence-electron chi connectivity index (χ1n) is 5.91. The van der Waals surface area contributed by atoms with Crippen molar-refractivity contribution < 1.29 is 4.79 Å². The van der Waals surface area contributed by atoms with E-state index in [2.05, 4.69) is 22.1 Å². The number of nitrogens with zero attached hydrogens (tertiary/aromatic N) is 2. The molecule has 1 aliphatic heterocycles. The molecule has 0 aliphatic carbocycles. The van der Waals surface area contributed by atoms with E-state index >= 15 is 0 Å². The Morgan fingerprint density at radius 3 is 3.06 bits per heavy atom. The molecule has 18 heavy (non-hydrogen) atoms. The molecule has 0 atom stereocenters. The number of nitrogens with one attached hydrogen (secondary N) is 2. The van der Waals surface area contributed by atoms with Gasteiger partial charge in [0.05, 0.1) is 5.52 Å². The molecule has 5 nitrogen and oxygen atoms in total. The Hall–Kier alpha value is -2.14. The second-order valence-corrected chi connectivity index (χ2v) is 4.32. The second kappa shape index (κ2) is 4.27. The molecule has 0 unspecified atom stereocenters. The average molecular weight is 242 g/mol. The minimum absolute atomic E-state index is 0.0843. The lowest BCUT2D eigenvalue weighted by Crippen LogP contribution is -2.44. The molecule has 0 radical (unpaired) electrons. The third-order valence-corrected chi connectivity index (χ3v) is 3.14. The molecule has 1 amide bonds. The monoisotopic (exact) mass is 242 g/mol. The number of aromatic nitrogens is 2. The number of carbonyl (C=O) groups is 1. The highest BCUT2D eigenvalue weighted by molar-refractivity contribution is 6.05. The number of hydrogen-bond acceptors (Lipinski definition) is 3. The molecular formula is C13H14N4O. The number of benzene rings is 1. The highest BCUT2D eigenvalue weighted by Crippen LogP contribution is 2.18. The molecule has 2 heterocycles. The first kappa shape index (κ1) is 11.0. The Kier molecular flexibility index (Phi) is 2.60. The Labute approximate surface area is 104 Å². The minimum atomic E-state index is -0.0843. The highest BCUT2D eigenvalue weighted by Gasteiger charge is 2.24. The highest BCUT2D eigenvalue weighted by atomic mass is 16.2. The second-order valence-electron chi connectivity index (χ2n) is 4.32. The number of piperazine rings is 1. The summed E-state index contributed by atoms with van der Waals surface area (Å²) in [5.41, 5.74) is 2.13. The van der Waals surface area contributed by atoms with Crippen LogP contribution in [0.4, 0.5) is 0 Å². The summed E-state index contributed by atoms with van der Waals surface area (Å²) in [5.74, 6) is -0.0843. The third-order valence-electron chi connectivity index (χ3n) is 3.14. The van der Waals surface area contributed by atoms with Crippen LogP contribution in [0.3, 0.4) is 0 Å². The van der Waals surface area contributed by atoms with Gasteiger partial charge in [-0.15, -0.1) is 0 Å². The number of para-hydroxylation sites is 1. The molecule has 2 aromatic rings. The third kappa shape index (κ3) is 1.69. The molecule has 5 heteroatoms. The number of fused-ring (bicyclic) bond motifs is 1. The van der Waals surface area contributed by atoms with Gasteiger partial charge < -0.3 is 10.2 Å². The van der Waals surface area contributed by atoms with Crippen molar-refractivity contribution in [1.82, 2.24) is 20.4 Å². The molecule has 0 bridgehead atoms. The summed E-state index contributed by atoms with van der Waals surface area (Å²) in [5, 5.41) is 11.0. The molecule has 0 spiro atoms. The largest absolute Gasteiger partial charge is 0.309 e. The fraction of sp³-hybridized carbons (Fsp3) is 0.231. The van der Waals surface area contributed by atoms with Gasteiger partial charge in [-0.2, -0.15) is 5.10 Å². The lowest BCUT2D eigenvalue weighted by molar-refractivity contribution is 0.0786. The summed E-state index contributed by atoms with van der Waals surface area (Å²) in [4.78, 5) is 14.1. The van der Waals surface area contributed by atoms with Crippen molar-refractivity contribution in [1.29, 1.82) is 0 Å². The van der Waals surface area contributed by atoms with Crippen LogP contribution in [0.5, 0.6) is 0 Å². The molecule has 2 N–H and O–H groups in total. The Morgan fingerprint density at radius 1 is 1.39 bits per heavy atom. The molecule has 1 aliphatic rings. The van der Waals surface area contributed by atoms with Crippen LogP contribution < -0.4 is 5.32 Å². The summed E-state index contributed by atoms with van der Waals surface area (Å²) in [6, 6.07) is 7.63. The smallest absolute Gasteiger partial charge is 0.279 e. The first-order valence-corrected chi connectivity index (χ1v) is 5.91. The summed E-state index contributed by atoms with van der Waals surface area (Å²) in [6.07, 6.45) is 0. The predicted molar refractivity (Wildman–Crippen MR) is 69.1 cm³/mol. The van der Waals surface area contributed by atoms with E-state index in [1.165, 1.54) is 0 Å². The van der Waals surface area contributed by atoms with Gasteiger partial charge in [-0.05, 0) is 6.07 Å². The van der Waals surface area contributed by atoms with Crippen molar-refractivity contribution in [2.45, 2.75) is 0 Å². The fourth-order valence-corrected chi connectivity index (χ4v) is 2.18. The number of rotatable bonds is 1. The quantitative estimate of drug-likeness (QED) is 0.787. The molecule has 0 saturated carbocycles. The van der Waals surface area contributed by atoms with Gasteiger partial charge in [-0.1, -0.05) is 24.8 Å². The summed E-state index contributed by atoms with van der Waals surface area (Å²) in [7, 11) is 0. The molecule has 1 aromatic carbocycles.